The molecule has 0 spiro atoms. The van der Waals surface area contributed by atoms with Gasteiger partial charge in [0.2, 0.25) is 0 Å². The number of nitrogens with zero attached hydrogens (tertiary/aromatic N) is 2. The molecule has 0 aromatic carbocycles. The maximum absolute atomic E-state index is 4.51. The highest BCUT2D eigenvalue weighted by Gasteiger charge is 2.10. The van der Waals surface area contributed by atoms with Gasteiger partial charge in [0.1, 0.15) is 5.82 Å². The first-order valence-electron chi connectivity index (χ1n) is 6.06. The zero-order chi connectivity index (χ0) is 12.7. The lowest BCUT2D eigenvalue weighted by molar-refractivity contribution is 0.720. The van der Waals surface area contributed by atoms with Crippen LogP contribution in [-0.2, 0) is 6.54 Å². The van der Waals surface area contributed by atoms with Gasteiger partial charge in [-0.25, -0.2) is 4.98 Å². The third kappa shape index (κ3) is 4.56. The molecule has 0 aliphatic heterocycles. The Morgan fingerprint density at radius 1 is 1.47 bits per heavy atom. The summed E-state index contributed by atoms with van der Waals surface area (Å²) >= 11 is 1.87. The topological polar surface area (TPSA) is 28.2 Å². The van der Waals surface area contributed by atoms with E-state index in [-0.39, 0.29) is 0 Å². The molecule has 1 atom stereocenters. The number of aromatic nitrogens is 1. The molecule has 0 fully saturated rings. The summed E-state index contributed by atoms with van der Waals surface area (Å²) in [6, 6.07) is 4.76. The van der Waals surface area contributed by atoms with Gasteiger partial charge in [-0.3, -0.25) is 0 Å². The zero-order valence-electron chi connectivity index (χ0n) is 11.2. The van der Waals surface area contributed by atoms with Gasteiger partial charge in [-0.15, -0.1) is 0 Å². The minimum Gasteiger partial charge on any atom is -0.356 e. The van der Waals surface area contributed by atoms with Crippen molar-refractivity contribution in [3.05, 3.63) is 23.9 Å². The van der Waals surface area contributed by atoms with Gasteiger partial charge >= 0.3 is 0 Å². The average Bonchev–Trinajstić information content (AvgIpc) is 2.36. The summed E-state index contributed by atoms with van der Waals surface area (Å²) in [5.74, 6) is 2.17. The van der Waals surface area contributed by atoms with E-state index in [1.165, 1.54) is 5.56 Å². The molecule has 1 aromatic rings. The Bertz CT molecular complexity index is 313. The van der Waals surface area contributed by atoms with Crippen LogP contribution in [0.1, 0.15) is 19.4 Å². The lowest BCUT2D eigenvalue weighted by Crippen LogP contribution is -2.31. The van der Waals surface area contributed by atoms with E-state index >= 15 is 0 Å². The van der Waals surface area contributed by atoms with Crippen molar-refractivity contribution in [3.63, 3.8) is 0 Å². The number of anilines is 1. The van der Waals surface area contributed by atoms with Crippen LogP contribution in [0.4, 0.5) is 5.82 Å². The summed E-state index contributed by atoms with van der Waals surface area (Å²) in [6.45, 7) is 6.23. The van der Waals surface area contributed by atoms with E-state index in [9.17, 15) is 0 Å². The molecule has 0 amide bonds. The molecule has 1 rings (SSSR count). The Balaban J connectivity index is 2.60. The lowest BCUT2D eigenvalue weighted by Gasteiger charge is -2.25. The molecule has 0 radical (unpaired) electrons. The van der Waals surface area contributed by atoms with Crippen molar-refractivity contribution < 1.29 is 0 Å². The second-order valence-electron chi connectivity index (χ2n) is 4.22. The molecule has 1 heterocycles. The van der Waals surface area contributed by atoms with Crippen molar-refractivity contribution in [3.8, 4) is 0 Å². The quantitative estimate of drug-likeness (QED) is 0.807. The third-order valence-corrected chi connectivity index (χ3v) is 3.63. The highest BCUT2D eigenvalue weighted by molar-refractivity contribution is 7.98. The van der Waals surface area contributed by atoms with Crippen LogP contribution in [0.5, 0.6) is 0 Å². The van der Waals surface area contributed by atoms with Crippen LogP contribution in [-0.4, -0.2) is 36.6 Å². The largest absolute Gasteiger partial charge is 0.356 e. The lowest BCUT2D eigenvalue weighted by atomic mass is 10.2. The number of hydrogen-bond donors (Lipinski definition) is 1. The number of rotatable bonds is 7. The molecule has 0 aliphatic rings. The van der Waals surface area contributed by atoms with Crippen LogP contribution >= 0.6 is 11.8 Å². The van der Waals surface area contributed by atoms with Gasteiger partial charge in [0.25, 0.3) is 0 Å². The summed E-state index contributed by atoms with van der Waals surface area (Å²) in [5.41, 5.74) is 1.24. The normalized spacial score (nSPS) is 12.5. The van der Waals surface area contributed by atoms with Gasteiger partial charge in [0, 0.05) is 31.6 Å². The first-order valence-corrected chi connectivity index (χ1v) is 7.45. The van der Waals surface area contributed by atoms with Crippen molar-refractivity contribution in [1.29, 1.82) is 0 Å². The van der Waals surface area contributed by atoms with Gasteiger partial charge in [-0.2, -0.15) is 11.8 Å². The van der Waals surface area contributed by atoms with Gasteiger partial charge in [0.05, 0.1) is 0 Å². The summed E-state index contributed by atoms with van der Waals surface area (Å²) in [5, 5.41) is 3.30. The van der Waals surface area contributed by atoms with Crippen molar-refractivity contribution >= 4 is 17.6 Å². The molecule has 0 aliphatic carbocycles. The Morgan fingerprint density at radius 3 is 2.76 bits per heavy atom. The van der Waals surface area contributed by atoms with Crippen LogP contribution < -0.4 is 10.2 Å². The van der Waals surface area contributed by atoms with Crippen molar-refractivity contribution in [2.75, 3.05) is 30.5 Å². The number of nitrogens with one attached hydrogen (secondary N) is 1. The van der Waals surface area contributed by atoms with E-state index in [0.717, 1.165) is 24.7 Å². The van der Waals surface area contributed by atoms with Crippen LogP contribution in [0.15, 0.2) is 18.3 Å². The summed E-state index contributed by atoms with van der Waals surface area (Å²) < 4.78 is 0. The summed E-state index contributed by atoms with van der Waals surface area (Å²) in [4.78, 5) is 6.74. The van der Waals surface area contributed by atoms with Crippen LogP contribution in [0, 0.1) is 0 Å². The van der Waals surface area contributed by atoms with Gasteiger partial charge in [0.15, 0.2) is 0 Å². The molecule has 17 heavy (non-hydrogen) atoms. The van der Waals surface area contributed by atoms with Crippen molar-refractivity contribution in [2.24, 2.45) is 0 Å². The maximum atomic E-state index is 4.51. The first-order chi connectivity index (χ1) is 8.19. The van der Waals surface area contributed by atoms with Crippen molar-refractivity contribution in [2.45, 2.75) is 26.4 Å². The van der Waals surface area contributed by atoms with E-state index in [4.69, 9.17) is 0 Å². The number of hydrogen-bond acceptors (Lipinski definition) is 4. The smallest absolute Gasteiger partial charge is 0.128 e. The van der Waals surface area contributed by atoms with Crippen LogP contribution in [0.3, 0.4) is 0 Å². The minimum atomic E-state index is 0.511. The second kappa shape index (κ2) is 7.56. The molecule has 0 saturated heterocycles. The van der Waals surface area contributed by atoms with E-state index in [1.807, 2.05) is 18.0 Å². The highest BCUT2D eigenvalue weighted by atomic mass is 32.2. The SMILES string of the molecule is CCNCc1ccc(N(C)C(C)CSC)nc1. The Hall–Kier alpha value is -0.740. The van der Waals surface area contributed by atoms with Crippen molar-refractivity contribution in [1.82, 2.24) is 10.3 Å². The third-order valence-electron chi connectivity index (χ3n) is 2.82. The molecule has 1 aromatic heterocycles. The van der Waals surface area contributed by atoms with Crippen LogP contribution in [0.25, 0.3) is 0 Å². The molecule has 96 valence electrons. The highest BCUT2D eigenvalue weighted by Crippen LogP contribution is 2.14. The van der Waals surface area contributed by atoms with Gasteiger partial charge in [-0.1, -0.05) is 13.0 Å². The Morgan fingerprint density at radius 2 is 2.24 bits per heavy atom. The monoisotopic (exact) mass is 253 g/mol. The van der Waals surface area contributed by atoms with E-state index in [1.54, 1.807) is 0 Å². The molecule has 0 saturated carbocycles. The predicted octanol–water partition coefficient (Wildman–Crippen LogP) is 2.38. The summed E-state index contributed by atoms with van der Waals surface area (Å²) in [7, 11) is 2.10. The first kappa shape index (κ1) is 14.3. The zero-order valence-corrected chi connectivity index (χ0v) is 12.0. The fourth-order valence-electron chi connectivity index (χ4n) is 1.58. The molecule has 0 bridgehead atoms. The minimum absolute atomic E-state index is 0.511. The maximum Gasteiger partial charge on any atom is 0.128 e. The van der Waals surface area contributed by atoms with Gasteiger partial charge < -0.3 is 10.2 Å². The Labute approximate surface area is 109 Å². The van der Waals surface area contributed by atoms with E-state index in [2.05, 4.69) is 54.5 Å². The standard InChI is InChI=1S/C13H23N3S/c1-5-14-8-12-6-7-13(15-9-12)16(3)11(2)10-17-4/h6-7,9,11,14H,5,8,10H2,1-4H3. The molecule has 1 unspecified atom stereocenters. The van der Waals surface area contributed by atoms with E-state index < -0.39 is 0 Å². The fourth-order valence-corrected chi connectivity index (χ4v) is 2.28. The predicted molar refractivity (Wildman–Crippen MR) is 77.9 cm³/mol. The molecule has 1 N–H and O–H groups in total. The van der Waals surface area contributed by atoms with Crippen LogP contribution in [0.2, 0.25) is 0 Å². The molecule has 4 heteroatoms. The Kier molecular flexibility index (Phi) is 6.37. The number of pyridine rings is 1. The summed E-state index contributed by atoms with van der Waals surface area (Å²) in [6.07, 6.45) is 4.09. The second-order valence-corrected chi connectivity index (χ2v) is 5.13. The number of thioether (sulfide) groups is 1. The van der Waals surface area contributed by atoms with Gasteiger partial charge in [-0.05, 0) is 31.4 Å². The molecular formula is C13H23N3S. The molecule has 3 nitrogen and oxygen atoms in total. The molecular weight excluding hydrogens is 230 g/mol. The fraction of sp³-hybridized carbons (Fsp3) is 0.615. The van der Waals surface area contributed by atoms with E-state index in [0.29, 0.717) is 6.04 Å². The average molecular weight is 253 g/mol.